The van der Waals surface area contributed by atoms with E-state index in [1.54, 1.807) is 12.1 Å². The van der Waals surface area contributed by atoms with Crippen molar-refractivity contribution < 1.29 is 122 Å². The van der Waals surface area contributed by atoms with Crippen molar-refractivity contribution in [2.75, 3.05) is 78.8 Å². The van der Waals surface area contributed by atoms with Gasteiger partial charge in [0.25, 0.3) is 23.5 Å². The molecule has 0 spiro atoms. The summed E-state index contributed by atoms with van der Waals surface area (Å²) in [5.41, 5.74) is 11.2. The molecule has 44 heteroatoms. The molecule has 11 unspecified atom stereocenters. The molecule has 0 saturated carbocycles. The molecule has 0 amide bonds. The van der Waals surface area contributed by atoms with E-state index in [1.807, 2.05) is 171 Å². The molecule has 8 aromatic rings. The number of imidazole rings is 4. The second-order valence-corrected chi connectivity index (χ2v) is 38.7. The highest BCUT2D eigenvalue weighted by molar-refractivity contribution is 7.64. The predicted octanol–water partition coefficient (Wildman–Crippen LogP) is 4.42. The van der Waals surface area contributed by atoms with Crippen LogP contribution in [0.3, 0.4) is 0 Å². The van der Waals surface area contributed by atoms with E-state index in [2.05, 4.69) is 101 Å². The van der Waals surface area contributed by atoms with Crippen LogP contribution in [0.5, 0.6) is 0 Å². The van der Waals surface area contributed by atoms with E-state index in [9.17, 15) is 95.7 Å². The van der Waals surface area contributed by atoms with Crippen molar-refractivity contribution in [2.45, 2.75) is 157 Å². The van der Waals surface area contributed by atoms with Crippen molar-refractivity contribution in [1.29, 1.82) is 0 Å². The number of allylic oxidation sites excluding steroid dienone is 4. The van der Waals surface area contributed by atoms with Gasteiger partial charge in [-0.3, -0.25) is 61.1 Å². The SMILES string of the molecule is CC(C)=CCN1CC(C(=O)CO)c2nc3ccccc3n2CC1C.CC(C)=CCN1CC(C(=O)COP(=O)([O-])OP(=O)([O-])OP(=O)([O-])[O-])c2nc3ccccc3n2CC1C.CC(C)=CCN1CC(C(=O)COP(=O)([O-])OP(=O)([O-])[O-])c2nc3ccccc3n2CC1C.CC(C)=CCN1CC(C(=O)COP(=O)([O-])[O-])c2nc3ccccc3n2CC1C. The first-order chi connectivity index (χ1) is 56.1. The number of para-hydroxylation sites is 8. The van der Waals surface area contributed by atoms with Crippen LogP contribution in [-0.2, 0) is 99.3 Å². The number of Topliss-reactive ketones (excluding diaryl/α,β-unsaturated/α-hetero) is 4. The fourth-order valence-electron chi connectivity index (χ4n) is 14.2. The van der Waals surface area contributed by atoms with Gasteiger partial charge in [-0.25, -0.2) is 24.2 Å². The summed E-state index contributed by atoms with van der Waals surface area (Å²) in [5.74, 6) is -2.69. The van der Waals surface area contributed by atoms with Crippen molar-refractivity contribution in [1.82, 2.24) is 57.8 Å². The Morgan fingerprint density at radius 1 is 0.350 bits per heavy atom. The second kappa shape index (κ2) is 41.2. The van der Waals surface area contributed by atoms with E-state index in [1.165, 1.54) is 11.1 Å². The van der Waals surface area contributed by atoms with Gasteiger partial charge in [-0.05, 0) is 132 Å². The Balaban J connectivity index is 0.000000184. The van der Waals surface area contributed by atoms with Crippen LogP contribution in [-0.4, -0.2) is 189 Å². The summed E-state index contributed by atoms with van der Waals surface area (Å²) in [6.07, 6.45) is 8.28. The van der Waals surface area contributed by atoms with Crippen LogP contribution in [0, 0.1) is 0 Å². The highest BCUT2D eigenvalue weighted by Gasteiger charge is 2.40. The third-order valence-corrected chi connectivity index (χ3v) is 26.4. The van der Waals surface area contributed by atoms with Gasteiger partial charge in [-0.15, -0.1) is 0 Å². The number of aromatic nitrogens is 8. The molecule has 4 aliphatic rings. The molecular formula is C76H97N12O26P6-9. The number of phosphoric acid groups is 6. The smallest absolute Gasteiger partial charge is 0.278 e. The molecule has 656 valence electrons. The minimum absolute atomic E-state index is 0.0250. The average molecular weight is 1780 g/mol. The zero-order valence-electron chi connectivity index (χ0n) is 68.2. The van der Waals surface area contributed by atoms with E-state index in [-0.39, 0.29) is 43.0 Å². The number of rotatable bonds is 28. The number of benzene rings is 4. The normalized spacial score (nSPS) is 21.5. The molecule has 0 radical (unpaired) electrons. The van der Waals surface area contributed by atoms with Crippen molar-refractivity contribution in [3.63, 3.8) is 0 Å². The third-order valence-electron chi connectivity index (χ3n) is 20.3. The Hall–Kier alpha value is -7.02. The van der Waals surface area contributed by atoms with E-state index < -0.39 is 114 Å². The number of carbonyl (C=O) groups is 4. The number of hydrogen-bond donors (Lipinski definition) is 1. The molecule has 4 aromatic heterocycles. The first kappa shape index (κ1) is 96.8. The van der Waals surface area contributed by atoms with Crippen molar-refractivity contribution in [3.05, 3.63) is 167 Å². The molecule has 0 saturated heterocycles. The number of phosphoric ester groups is 3. The molecular weight excluding hydrogens is 1680 g/mol. The molecule has 4 aliphatic heterocycles. The van der Waals surface area contributed by atoms with Crippen LogP contribution in [0.25, 0.3) is 44.1 Å². The van der Waals surface area contributed by atoms with Gasteiger partial charge in [0.15, 0.2) is 23.1 Å². The molecule has 4 aromatic carbocycles. The van der Waals surface area contributed by atoms with E-state index in [4.69, 9.17) is 4.98 Å². The topological polar surface area (TPSA) is 538 Å². The molecule has 1 N–H and O–H groups in total. The fourth-order valence-corrected chi connectivity index (χ4v) is 18.7. The average Bonchev–Trinajstić information content (AvgIpc) is 1.64. The predicted molar refractivity (Wildman–Crippen MR) is 426 cm³/mol. The van der Waals surface area contributed by atoms with Gasteiger partial charge in [0, 0.05) is 103 Å². The monoisotopic (exact) mass is 1780 g/mol. The van der Waals surface area contributed by atoms with Crippen LogP contribution in [0.1, 0.15) is 130 Å². The zero-order valence-corrected chi connectivity index (χ0v) is 73.5. The number of nitrogens with zero attached hydrogens (tertiary/aromatic N) is 12. The Morgan fingerprint density at radius 2 is 0.583 bits per heavy atom. The van der Waals surface area contributed by atoms with Gasteiger partial charge < -0.3 is 94.7 Å². The highest BCUT2D eigenvalue weighted by Crippen LogP contribution is 2.60. The summed E-state index contributed by atoms with van der Waals surface area (Å²) in [7, 11) is -34.6. The van der Waals surface area contributed by atoms with E-state index in [0.29, 0.717) is 80.9 Å². The molecule has 120 heavy (non-hydrogen) atoms. The Kier molecular flexibility index (Phi) is 33.2. The van der Waals surface area contributed by atoms with E-state index in [0.717, 1.165) is 63.2 Å². The number of carbonyl (C=O) groups excluding carboxylic acids is 4. The molecule has 12 rings (SSSR count). The number of aliphatic hydroxyl groups is 1. The van der Waals surface area contributed by atoms with Crippen molar-refractivity contribution in [2.24, 2.45) is 0 Å². The number of ketones is 4. The fraction of sp³-hybridized carbons (Fsp3) is 0.474. The first-order valence-electron chi connectivity index (χ1n) is 38.2. The standard InChI is InChI=1S/C19H28N3O11P3.C19H27N3O8P2.C19H26N3O5P.C19H25N3O2/c1-13(2)8-9-21-11-15(19-20-16-6-4-5-7-17(16)22(19)10-14(21)3)18(23)12-31-35(27,28)33-36(29,30)32-34(24,25)26;1-13(2)8-9-21-11-15(18(23)12-29-32(27,28)30-31(24,25)26)19-20-16-6-4-5-7-17(16)22(19)10-14(21)3;1-13(2)8-9-21-11-15(18(23)12-27-28(24,25)26)19-20-16-6-4-5-7-17(16)22(19)10-14(21)3;1-13(2)8-9-21-11-15(18(24)12-23)19-20-16-6-4-5-7-17(16)22(19)10-14(21)3/h4-8,14-15H,9-12H2,1-3H3,(H,27,28)(H,29,30)(H2,24,25,26);4-8,14-15H,9-12H2,1-3H3,(H,27,28)(H2,24,25,26);4-8,14-15H,9-12H2,1-3H3,(H2,24,25,26);4-8,14-15,23H,9-12H2,1-3H3/p-9. The summed E-state index contributed by atoms with van der Waals surface area (Å²) in [6.45, 7) is 27.4. The largest absolute Gasteiger partial charge is 0.790 e. The quantitative estimate of drug-likeness (QED) is 0.0523. The lowest BCUT2D eigenvalue weighted by Gasteiger charge is -2.37. The third kappa shape index (κ3) is 27.0. The molecule has 38 nitrogen and oxygen atoms in total. The Labute approximate surface area is 693 Å². The maximum absolute atomic E-state index is 13.2. The molecule has 8 heterocycles. The van der Waals surface area contributed by atoms with Crippen LogP contribution in [0.2, 0.25) is 0 Å². The Morgan fingerprint density at radius 3 is 0.825 bits per heavy atom. The molecule has 0 bridgehead atoms. The zero-order chi connectivity index (χ0) is 88.3. The van der Waals surface area contributed by atoms with Crippen molar-refractivity contribution in [3.8, 4) is 0 Å². The number of fused-ring (bicyclic) bond motifs is 12. The first-order valence-corrected chi connectivity index (χ1v) is 46.9. The molecule has 0 fully saturated rings. The van der Waals surface area contributed by atoms with Gasteiger partial charge in [0.2, 0.25) is 0 Å². The molecule has 0 aliphatic carbocycles. The Bertz CT molecular complexity index is 5460. The lowest BCUT2D eigenvalue weighted by atomic mass is 10.0. The van der Waals surface area contributed by atoms with Crippen LogP contribution >= 0.6 is 46.9 Å². The number of hydrogen-bond acceptors (Lipinski definition) is 34. The lowest BCUT2D eigenvalue weighted by Crippen LogP contribution is -2.38. The maximum Gasteiger partial charge on any atom is 0.278 e. The molecule has 11 atom stereocenters. The summed E-state index contributed by atoms with van der Waals surface area (Å²) in [5, 5.41) is 9.43. The van der Waals surface area contributed by atoms with Gasteiger partial charge in [0.1, 0.15) is 49.7 Å². The van der Waals surface area contributed by atoms with E-state index >= 15 is 0 Å². The van der Waals surface area contributed by atoms with Crippen LogP contribution < -0.4 is 44.0 Å². The van der Waals surface area contributed by atoms with Gasteiger partial charge in [-0.2, -0.15) is 0 Å². The highest BCUT2D eigenvalue weighted by atomic mass is 31.3. The van der Waals surface area contributed by atoms with Crippen molar-refractivity contribution >= 4 is 114 Å². The number of aliphatic hydroxyl groups excluding tert-OH is 1. The summed E-state index contributed by atoms with van der Waals surface area (Å²) < 4.78 is 97.9. The summed E-state index contributed by atoms with van der Waals surface area (Å²) >= 11 is 0. The van der Waals surface area contributed by atoms with Gasteiger partial charge >= 0.3 is 0 Å². The maximum atomic E-state index is 13.2. The second-order valence-electron chi connectivity index (χ2n) is 30.6. The minimum Gasteiger partial charge on any atom is -0.790 e. The summed E-state index contributed by atoms with van der Waals surface area (Å²) in [6, 6.07) is 30.7. The summed E-state index contributed by atoms with van der Waals surface area (Å²) in [4.78, 5) is 177. The minimum atomic E-state index is -6.13. The van der Waals surface area contributed by atoms with Gasteiger partial charge in [-0.1, -0.05) is 95.1 Å². The van der Waals surface area contributed by atoms with Crippen LogP contribution in [0.4, 0.5) is 0 Å². The van der Waals surface area contributed by atoms with Crippen LogP contribution in [0.15, 0.2) is 144 Å². The lowest BCUT2D eigenvalue weighted by molar-refractivity contribution is -0.342. The van der Waals surface area contributed by atoms with Gasteiger partial charge in [0.05, 0.1) is 91.3 Å².